The minimum atomic E-state index is -0.0924. The lowest BCUT2D eigenvalue weighted by molar-refractivity contribution is -0.128. The first-order valence-corrected chi connectivity index (χ1v) is 9.05. The van der Waals surface area contributed by atoms with E-state index in [1.54, 1.807) is 14.2 Å². The molecule has 1 aromatic heterocycles. The highest BCUT2D eigenvalue weighted by atomic mass is 16.5. The highest BCUT2D eigenvalue weighted by Crippen LogP contribution is 2.30. The Labute approximate surface area is 162 Å². The summed E-state index contributed by atoms with van der Waals surface area (Å²) in [7, 11) is 3.25. The Morgan fingerprint density at radius 2 is 1.68 bits per heavy atom. The molecule has 1 atom stereocenters. The minimum Gasteiger partial charge on any atom is -0.497 e. The Kier molecular flexibility index (Phi) is 4.97. The largest absolute Gasteiger partial charge is 0.497 e. The molecule has 0 radical (unpaired) electrons. The first-order chi connectivity index (χ1) is 13.7. The lowest BCUT2D eigenvalue weighted by atomic mass is 10.1. The maximum atomic E-state index is 12.4. The van der Waals surface area contributed by atoms with Crippen molar-refractivity contribution in [1.29, 1.82) is 0 Å². The van der Waals surface area contributed by atoms with Gasteiger partial charge in [0.15, 0.2) is 0 Å². The molecule has 0 N–H and O–H groups in total. The summed E-state index contributed by atoms with van der Waals surface area (Å²) in [6.07, 6.45) is 0.375. The molecular weight excluding hydrogens is 358 g/mol. The van der Waals surface area contributed by atoms with Crippen molar-refractivity contribution in [1.82, 2.24) is 15.0 Å². The Morgan fingerprint density at radius 3 is 2.32 bits per heavy atom. The molecule has 0 bridgehead atoms. The van der Waals surface area contributed by atoms with E-state index < -0.39 is 0 Å². The average molecular weight is 379 g/mol. The van der Waals surface area contributed by atoms with Gasteiger partial charge in [-0.05, 0) is 42.0 Å². The summed E-state index contributed by atoms with van der Waals surface area (Å²) >= 11 is 0. The lowest BCUT2D eigenvalue weighted by Crippen LogP contribution is -2.24. The van der Waals surface area contributed by atoms with Gasteiger partial charge in [0.05, 0.1) is 20.1 Å². The van der Waals surface area contributed by atoms with Crippen molar-refractivity contribution in [2.75, 3.05) is 20.8 Å². The fourth-order valence-corrected chi connectivity index (χ4v) is 3.30. The molecule has 0 spiro atoms. The van der Waals surface area contributed by atoms with Crippen molar-refractivity contribution in [2.24, 2.45) is 0 Å². The Morgan fingerprint density at radius 1 is 1.04 bits per heavy atom. The van der Waals surface area contributed by atoms with E-state index in [0.29, 0.717) is 31.2 Å². The van der Waals surface area contributed by atoms with Crippen LogP contribution in [-0.4, -0.2) is 41.7 Å². The summed E-state index contributed by atoms with van der Waals surface area (Å²) in [6.45, 7) is 1.12. The number of aromatic nitrogens is 2. The van der Waals surface area contributed by atoms with E-state index >= 15 is 0 Å². The maximum Gasteiger partial charge on any atom is 0.232 e. The molecule has 1 saturated heterocycles. The molecule has 2 heterocycles. The van der Waals surface area contributed by atoms with E-state index in [9.17, 15) is 4.79 Å². The molecule has 1 aliphatic heterocycles. The van der Waals surface area contributed by atoms with Gasteiger partial charge in [0.2, 0.25) is 17.6 Å². The first kappa shape index (κ1) is 18.0. The number of carbonyl (C=O) groups is 1. The van der Waals surface area contributed by atoms with E-state index in [0.717, 1.165) is 22.6 Å². The molecule has 0 saturated carbocycles. The van der Waals surface area contributed by atoms with Crippen LogP contribution >= 0.6 is 0 Å². The van der Waals surface area contributed by atoms with E-state index in [4.69, 9.17) is 14.0 Å². The Hall–Kier alpha value is -3.35. The Balaban J connectivity index is 1.44. The number of benzene rings is 2. The van der Waals surface area contributed by atoms with Crippen molar-refractivity contribution < 1.29 is 18.8 Å². The third-order valence-corrected chi connectivity index (χ3v) is 4.89. The molecule has 1 aliphatic rings. The first-order valence-electron chi connectivity index (χ1n) is 9.05. The molecule has 3 aromatic rings. The summed E-state index contributed by atoms with van der Waals surface area (Å²) in [5, 5.41) is 4.07. The molecule has 7 nitrogen and oxygen atoms in total. The fourth-order valence-electron chi connectivity index (χ4n) is 3.30. The zero-order valence-electron chi connectivity index (χ0n) is 15.8. The average Bonchev–Trinajstić information content (AvgIpc) is 3.36. The van der Waals surface area contributed by atoms with Crippen LogP contribution in [0.4, 0.5) is 0 Å². The number of carbonyl (C=O) groups excluding carboxylic acids is 1. The molecule has 4 rings (SSSR count). The van der Waals surface area contributed by atoms with Crippen molar-refractivity contribution in [2.45, 2.75) is 18.9 Å². The second kappa shape index (κ2) is 7.72. The van der Waals surface area contributed by atoms with Gasteiger partial charge in [-0.3, -0.25) is 4.79 Å². The van der Waals surface area contributed by atoms with Gasteiger partial charge in [0.1, 0.15) is 11.5 Å². The van der Waals surface area contributed by atoms with Crippen LogP contribution < -0.4 is 9.47 Å². The van der Waals surface area contributed by atoms with E-state index in [-0.39, 0.29) is 11.8 Å². The SMILES string of the molecule is COc1ccc(CN2CC(c3nc(-c4ccc(OC)cc4)no3)CC2=O)cc1. The van der Waals surface area contributed by atoms with E-state index in [2.05, 4.69) is 10.1 Å². The van der Waals surface area contributed by atoms with Crippen LogP contribution in [0, 0.1) is 0 Å². The summed E-state index contributed by atoms with van der Waals surface area (Å²) in [4.78, 5) is 18.8. The van der Waals surface area contributed by atoms with E-state index in [1.165, 1.54) is 0 Å². The minimum absolute atomic E-state index is 0.0880. The normalized spacial score (nSPS) is 16.4. The second-order valence-electron chi connectivity index (χ2n) is 6.71. The maximum absolute atomic E-state index is 12.4. The highest BCUT2D eigenvalue weighted by Gasteiger charge is 2.34. The summed E-state index contributed by atoms with van der Waals surface area (Å²) in [5.41, 5.74) is 1.90. The second-order valence-corrected chi connectivity index (χ2v) is 6.71. The molecule has 2 aromatic carbocycles. The number of methoxy groups -OCH3 is 2. The third kappa shape index (κ3) is 3.69. The van der Waals surface area contributed by atoms with Gasteiger partial charge in [-0.1, -0.05) is 17.3 Å². The van der Waals surface area contributed by atoms with Crippen LogP contribution in [0.2, 0.25) is 0 Å². The molecule has 1 fully saturated rings. The van der Waals surface area contributed by atoms with Crippen LogP contribution in [-0.2, 0) is 11.3 Å². The molecule has 1 amide bonds. The van der Waals surface area contributed by atoms with Crippen LogP contribution in [0.1, 0.15) is 23.8 Å². The summed E-state index contributed by atoms with van der Waals surface area (Å²) in [5.74, 6) is 2.57. The molecule has 1 unspecified atom stereocenters. The van der Waals surface area contributed by atoms with Crippen LogP contribution in [0.3, 0.4) is 0 Å². The number of likely N-dealkylation sites (tertiary alicyclic amines) is 1. The standard InChI is InChI=1S/C21H21N3O4/c1-26-17-7-3-14(4-8-17)12-24-13-16(11-19(24)25)21-22-20(23-28-21)15-5-9-18(27-2)10-6-15/h3-10,16H,11-13H2,1-2H3. The molecule has 0 aliphatic carbocycles. The Bertz CT molecular complexity index is 951. The number of hydrogen-bond acceptors (Lipinski definition) is 6. The van der Waals surface area contributed by atoms with Gasteiger partial charge < -0.3 is 18.9 Å². The highest BCUT2D eigenvalue weighted by molar-refractivity contribution is 5.79. The van der Waals surface area contributed by atoms with Crippen LogP contribution in [0.5, 0.6) is 11.5 Å². The number of rotatable bonds is 6. The van der Waals surface area contributed by atoms with Gasteiger partial charge in [-0.15, -0.1) is 0 Å². The van der Waals surface area contributed by atoms with Gasteiger partial charge in [0.25, 0.3) is 0 Å². The monoisotopic (exact) mass is 379 g/mol. The lowest BCUT2D eigenvalue weighted by Gasteiger charge is -2.16. The van der Waals surface area contributed by atoms with Crippen LogP contribution in [0.25, 0.3) is 11.4 Å². The topological polar surface area (TPSA) is 77.7 Å². The number of amides is 1. The number of hydrogen-bond donors (Lipinski definition) is 0. The van der Waals surface area contributed by atoms with Crippen LogP contribution in [0.15, 0.2) is 53.1 Å². The molecule has 144 valence electrons. The predicted octanol–water partition coefficient (Wildman–Crippen LogP) is 3.27. The zero-order chi connectivity index (χ0) is 19.5. The van der Waals surface area contributed by atoms with Gasteiger partial charge in [-0.25, -0.2) is 0 Å². The van der Waals surface area contributed by atoms with Crippen molar-refractivity contribution in [3.8, 4) is 22.9 Å². The van der Waals surface area contributed by atoms with Gasteiger partial charge in [-0.2, -0.15) is 4.98 Å². The van der Waals surface area contributed by atoms with Crippen molar-refractivity contribution in [3.05, 3.63) is 60.0 Å². The number of ether oxygens (including phenoxy) is 2. The van der Waals surface area contributed by atoms with Gasteiger partial charge in [0, 0.05) is 25.1 Å². The van der Waals surface area contributed by atoms with Crippen molar-refractivity contribution in [3.63, 3.8) is 0 Å². The predicted molar refractivity (Wildman–Crippen MR) is 102 cm³/mol. The quantitative estimate of drug-likeness (QED) is 0.654. The third-order valence-electron chi connectivity index (χ3n) is 4.89. The number of nitrogens with zero attached hydrogens (tertiary/aromatic N) is 3. The fraction of sp³-hybridized carbons (Fsp3) is 0.286. The van der Waals surface area contributed by atoms with E-state index in [1.807, 2.05) is 53.4 Å². The van der Waals surface area contributed by atoms with Crippen molar-refractivity contribution >= 4 is 5.91 Å². The van der Waals surface area contributed by atoms with Gasteiger partial charge >= 0.3 is 0 Å². The smallest absolute Gasteiger partial charge is 0.232 e. The zero-order valence-corrected chi connectivity index (χ0v) is 15.8. The molecule has 28 heavy (non-hydrogen) atoms. The summed E-state index contributed by atoms with van der Waals surface area (Å²) in [6, 6.07) is 15.2. The molecule has 7 heteroatoms. The summed E-state index contributed by atoms with van der Waals surface area (Å²) < 4.78 is 15.8. The molecular formula is C21H21N3O4.